The van der Waals surface area contributed by atoms with Gasteiger partial charge in [0.25, 0.3) is 0 Å². The monoisotopic (exact) mass is 400 g/mol. The number of carbonyl (C=O) groups is 4. The van der Waals surface area contributed by atoms with Crippen molar-refractivity contribution in [3.63, 3.8) is 0 Å². The Balaban J connectivity index is -0.000000162. The van der Waals surface area contributed by atoms with Crippen LogP contribution in [0.15, 0.2) is 0 Å². The zero-order chi connectivity index (χ0) is 15.0. The van der Waals surface area contributed by atoms with Gasteiger partial charge in [0, 0.05) is 26.2 Å². The van der Waals surface area contributed by atoms with E-state index in [1.165, 1.54) is 0 Å². The largest absolute Gasteiger partial charge is 2.00 e. The van der Waals surface area contributed by atoms with Crippen LogP contribution in [0.4, 0.5) is 0 Å². The van der Waals surface area contributed by atoms with Crippen molar-refractivity contribution in [1.29, 1.82) is 0 Å². The van der Waals surface area contributed by atoms with Gasteiger partial charge in [0.1, 0.15) is 0 Å². The molecule has 0 aromatic heterocycles. The number of carboxylic acid groups (broad SMARTS) is 4. The van der Waals surface area contributed by atoms with Gasteiger partial charge in [-0.3, -0.25) is 0 Å². The average Bonchev–Trinajstić information content (AvgIpc) is 2.11. The number of nitrogens with zero attached hydrogens (tertiary/aromatic N) is 2. The summed E-state index contributed by atoms with van der Waals surface area (Å²) in [5, 5.41) is 41.4. The van der Waals surface area contributed by atoms with Crippen LogP contribution in [-0.2, 0) is 19.2 Å². The molecule has 0 aliphatic rings. The molecule has 14 heteroatoms. The Labute approximate surface area is 238 Å². The molecule has 0 radical (unpaired) electrons. The first-order chi connectivity index (χ1) is 8.70. The molecule has 0 atom stereocenters. The van der Waals surface area contributed by atoms with Crippen molar-refractivity contribution in [2.75, 3.05) is 26.2 Å². The molecular weight excluding hydrogens is 390 g/mol. The van der Waals surface area contributed by atoms with E-state index in [1.54, 1.807) is 0 Å². The van der Waals surface area contributed by atoms with E-state index in [1.807, 2.05) is 0 Å². The number of carboxylic acids is 4. The smallest absolute Gasteiger partial charge is 1.00 e. The van der Waals surface area contributed by atoms with Crippen LogP contribution in [0.2, 0.25) is 0 Å². The molecule has 23 heavy (non-hydrogen) atoms. The molecule has 0 N–H and O–H groups in total. The SMILES string of the molecule is O=C([O-])CN([CH-]N(CC(=O)[O-])CC(=O)[O-])CC(=O)[O-].[Ca+2].[Ca+2].[H-].[Na+].[Na+]. The number of rotatable bonds is 10. The summed E-state index contributed by atoms with van der Waals surface area (Å²) in [7, 11) is 0. The second-order valence-electron chi connectivity index (χ2n) is 3.41. The van der Waals surface area contributed by atoms with Crippen LogP contribution < -0.4 is 79.5 Å². The Hall–Kier alpha value is 2.32. The molecule has 0 rings (SSSR count). The van der Waals surface area contributed by atoms with Crippen LogP contribution >= 0.6 is 0 Å². The molecule has 0 aromatic rings. The third-order valence-corrected chi connectivity index (χ3v) is 1.66. The van der Waals surface area contributed by atoms with Gasteiger partial charge < -0.3 is 50.8 Å². The zero-order valence-electron chi connectivity index (χ0n) is 14.0. The zero-order valence-corrected chi connectivity index (χ0v) is 21.4. The molecule has 0 fully saturated rings. The van der Waals surface area contributed by atoms with Gasteiger partial charge in [-0.15, -0.1) is 0 Å². The predicted molar refractivity (Wildman–Crippen MR) is 60.1 cm³/mol. The third-order valence-electron chi connectivity index (χ3n) is 1.66. The van der Waals surface area contributed by atoms with Crippen LogP contribution in [0, 0.1) is 6.67 Å². The third kappa shape index (κ3) is 24.3. The molecule has 0 bridgehead atoms. The van der Waals surface area contributed by atoms with Crippen LogP contribution in [0.1, 0.15) is 1.43 Å². The van der Waals surface area contributed by atoms with Gasteiger partial charge in [-0.1, -0.05) is 0 Å². The molecule has 0 unspecified atom stereocenters. The number of hydrogen-bond donors (Lipinski definition) is 0. The first-order valence-corrected chi connectivity index (χ1v) is 4.83. The van der Waals surface area contributed by atoms with Gasteiger partial charge in [-0.05, 0) is 0 Å². The Morgan fingerprint density at radius 1 is 0.652 bits per heavy atom. The molecule has 0 amide bonds. The van der Waals surface area contributed by atoms with Crippen molar-refractivity contribution in [2.24, 2.45) is 0 Å². The van der Waals surface area contributed by atoms with Crippen molar-refractivity contribution in [1.82, 2.24) is 9.80 Å². The predicted octanol–water partition coefficient (Wildman–Crippen LogP) is -13.9. The first kappa shape index (κ1) is 36.3. The number of aliphatic carboxylic acids is 4. The van der Waals surface area contributed by atoms with E-state index in [-0.39, 0.29) is 136 Å². The van der Waals surface area contributed by atoms with Crippen LogP contribution in [-0.4, -0.2) is 135 Å². The first-order valence-electron chi connectivity index (χ1n) is 4.83. The fraction of sp³-hybridized carbons (Fsp3) is 0.444. The second kappa shape index (κ2) is 20.6. The fourth-order valence-electron chi connectivity index (χ4n) is 1.17. The molecule has 0 saturated carbocycles. The van der Waals surface area contributed by atoms with Crippen molar-refractivity contribution in [3.05, 3.63) is 6.67 Å². The number of carbonyl (C=O) groups excluding carboxylic acids is 4. The Morgan fingerprint density at radius 3 is 0.957 bits per heavy atom. The summed E-state index contributed by atoms with van der Waals surface area (Å²) in [6.45, 7) is -2.83. The van der Waals surface area contributed by atoms with Gasteiger partial charge >= 0.3 is 135 Å². The van der Waals surface area contributed by atoms with Crippen molar-refractivity contribution in [2.45, 2.75) is 0 Å². The van der Waals surface area contributed by atoms with E-state index < -0.39 is 50.1 Å². The molecule has 0 aliphatic carbocycles. The normalized spacial score (nSPS) is 8.78. The van der Waals surface area contributed by atoms with Crippen molar-refractivity contribution in [3.8, 4) is 0 Å². The van der Waals surface area contributed by atoms with Crippen molar-refractivity contribution >= 4 is 99.4 Å². The van der Waals surface area contributed by atoms with Gasteiger partial charge in [0.05, 0.1) is 23.9 Å². The summed E-state index contributed by atoms with van der Waals surface area (Å²) in [4.78, 5) is 42.6. The standard InChI is InChI=1S/C9H13N2O8.2Ca.2Na.H/c12-6(13)1-10(2-7(14)15)5-11(3-8(16)17)4-9(18)19;;;;;/h5H,1-4H2,(H,12,13)(H,14,15)(H,16,17)(H,18,19);;;;;/q-1;2*+2;2*+1;-1/p-4. The van der Waals surface area contributed by atoms with E-state index in [9.17, 15) is 39.6 Å². The molecule has 10 nitrogen and oxygen atoms in total. The van der Waals surface area contributed by atoms with Gasteiger partial charge in [0.15, 0.2) is 0 Å². The fourth-order valence-corrected chi connectivity index (χ4v) is 1.17. The second-order valence-corrected chi connectivity index (χ2v) is 3.41. The van der Waals surface area contributed by atoms with Gasteiger partial charge in [-0.2, -0.15) is 0 Å². The molecule has 110 valence electrons. The van der Waals surface area contributed by atoms with Gasteiger partial charge in [0.2, 0.25) is 0 Å². The maximum atomic E-state index is 10.4. The molecule has 0 spiro atoms. The maximum absolute atomic E-state index is 10.4. The molecule has 0 aromatic carbocycles. The minimum absolute atomic E-state index is 0. The molecular formula is C9H10Ca2N2Na2O8. The minimum Gasteiger partial charge on any atom is -1.00 e. The minimum atomic E-state index is -1.64. The number of hydrogen-bond acceptors (Lipinski definition) is 10. The Morgan fingerprint density at radius 2 is 0.826 bits per heavy atom. The summed E-state index contributed by atoms with van der Waals surface area (Å²) in [6.07, 6.45) is 0. The topological polar surface area (TPSA) is 167 Å². The average molecular weight is 400 g/mol. The van der Waals surface area contributed by atoms with E-state index >= 15 is 0 Å². The van der Waals surface area contributed by atoms with Crippen LogP contribution in [0.5, 0.6) is 0 Å². The van der Waals surface area contributed by atoms with Crippen LogP contribution in [0.25, 0.3) is 0 Å². The summed E-state index contributed by atoms with van der Waals surface area (Å²) in [5.74, 6) is -6.56. The molecule has 0 heterocycles. The summed E-state index contributed by atoms with van der Waals surface area (Å²) >= 11 is 0. The molecule has 0 aliphatic heterocycles. The Bertz CT molecular complexity index is 329. The molecule has 0 saturated heterocycles. The van der Waals surface area contributed by atoms with Gasteiger partial charge in [-0.25, -0.2) is 6.67 Å². The van der Waals surface area contributed by atoms with Crippen molar-refractivity contribution < 1.29 is 100 Å². The summed E-state index contributed by atoms with van der Waals surface area (Å²) in [5.41, 5.74) is 0. The Kier molecular flexibility index (Phi) is 32.5. The van der Waals surface area contributed by atoms with Crippen LogP contribution in [0.3, 0.4) is 0 Å². The van der Waals surface area contributed by atoms with E-state index in [0.717, 1.165) is 0 Å². The maximum Gasteiger partial charge on any atom is 2.00 e. The quantitative estimate of drug-likeness (QED) is 0.254. The van der Waals surface area contributed by atoms with E-state index in [2.05, 4.69) is 0 Å². The van der Waals surface area contributed by atoms with E-state index in [0.29, 0.717) is 16.5 Å². The summed E-state index contributed by atoms with van der Waals surface area (Å²) in [6, 6.07) is 0. The van der Waals surface area contributed by atoms with E-state index in [4.69, 9.17) is 0 Å². The summed E-state index contributed by atoms with van der Waals surface area (Å²) < 4.78 is 0.